The third-order valence-electron chi connectivity index (χ3n) is 4.05. The van der Waals surface area contributed by atoms with Gasteiger partial charge in [-0.25, -0.2) is 8.78 Å². The van der Waals surface area contributed by atoms with E-state index in [2.05, 4.69) is 0 Å². The molecule has 2 aromatic carbocycles. The third kappa shape index (κ3) is 2.68. The van der Waals surface area contributed by atoms with Crippen molar-refractivity contribution in [3.8, 4) is 5.75 Å². The third-order valence-corrected chi connectivity index (χ3v) is 4.99. The van der Waals surface area contributed by atoms with E-state index in [0.717, 1.165) is 16.9 Å². The lowest BCUT2D eigenvalue weighted by atomic mass is 10.0. The van der Waals surface area contributed by atoms with Gasteiger partial charge in [-0.1, -0.05) is 30.3 Å². The first kappa shape index (κ1) is 15.6. The molecule has 0 spiro atoms. The molecule has 1 aliphatic carbocycles. The summed E-state index contributed by atoms with van der Waals surface area (Å²) in [6.07, 6.45) is -2.50. The zero-order valence-corrected chi connectivity index (χ0v) is 13.3. The van der Waals surface area contributed by atoms with E-state index in [4.69, 9.17) is 27.9 Å². The fourth-order valence-electron chi connectivity index (χ4n) is 2.86. The molecule has 0 saturated heterocycles. The van der Waals surface area contributed by atoms with Gasteiger partial charge >= 0.3 is 0 Å². The summed E-state index contributed by atoms with van der Waals surface area (Å²) in [5, 5.41) is 0. The molecule has 3 rings (SSSR count). The minimum absolute atomic E-state index is 0.0120. The average Bonchev–Trinajstić information content (AvgIpc) is 3.10. The predicted molar refractivity (Wildman–Crippen MR) is 84.3 cm³/mol. The Bertz CT molecular complexity index is 671. The lowest BCUT2D eigenvalue weighted by Gasteiger charge is -2.05. The van der Waals surface area contributed by atoms with Crippen molar-refractivity contribution in [2.75, 3.05) is 7.11 Å². The molecular weight excluding hydrogens is 329 g/mol. The molecule has 0 aromatic heterocycles. The van der Waals surface area contributed by atoms with Crippen molar-refractivity contribution >= 4 is 23.2 Å². The van der Waals surface area contributed by atoms with Crippen LogP contribution in [-0.4, -0.2) is 11.4 Å². The highest BCUT2D eigenvalue weighted by atomic mass is 35.5. The maximum atomic E-state index is 12.8. The minimum atomic E-state index is -2.50. The van der Waals surface area contributed by atoms with Crippen molar-refractivity contribution in [2.45, 2.75) is 22.6 Å². The second kappa shape index (κ2) is 5.71. The van der Waals surface area contributed by atoms with E-state index < -0.39 is 10.8 Å². The summed E-state index contributed by atoms with van der Waals surface area (Å²) in [4.78, 5) is 0. The smallest absolute Gasteiger partial charge is 0.263 e. The zero-order valence-electron chi connectivity index (χ0n) is 11.8. The van der Waals surface area contributed by atoms with Gasteiger partial charge in [-0.15, -0.1) is 23.2 Å². The topological polar surface area (TPSA) is 9.23 Å². The summed E-state index contributed by atoms with van der Waals surface area (Å²) < 4.78 is 29.8. The quantitative estimate of drug-likeness (QED) is 0.648. The lowest BCUT2D eigenvalue weighted by molar-refractivity contribution is 0.151. The molecule has 22 heavy (non-hydrogen) atoms. The fraction of sp³-hybridized carbons (Fsp3) is 0.294. The predicted octanol–water partition coefficient (Wildman–Crippen LogP) is 5.69. The highest BCUT2D eigenvalue weighted by Crippen LogP contribution is 2.70. The van der Waals surface area contributed by atoms with Crippen LogP contribution < -0.4 is 4.74 Å². The molecule has 2 atom stereocenters. The molecule has 1 saturated carbocycles. The van der Waals surface area contributed by atoms with Gasteiger partial charge in [0.1, 0.15) is 10.1 Å². The van der Waals surface area contributed by atoms with Gasteiger partial charge in [0.25, 0.3) is 6.43 Å². The maximum Gasteiger partial charge on any atom is 0.263 e. The van der Waals surface area contributed by atoms with E-state index in [0.29, 0.717) is 0 Å². The summed E-state index contributed by atoms with van der Waals surface area (Å²) in [6, 6.07) is 13.8. The number of rotatable bonds is 4. The average molecular weight is 343 g/mol. The Hall–Kier alpha value is -1.32. The second-order valence-electron chi connectivity index (χ2n) is 5.37. The Labute approximate surface area is 137 Å². The van der Waals surface area contributed by atoms with Gasteiger partial charge < -0.3 is 4.74 Å². The van der Waals surface area contributed by atoms with E-state index in [1.165, 1.54) is 12.1 Å². The van der Waals surface area contributed by atoms with E-state index in [1.807, 2.05) is 24.3 Å². The minimum Gasteiger partial charge on any atom is -0.497 e. The summed E-state index contributed by atoms with van der Waals surface area (Å²) >= 11 is 12.8. The SMILES string of the molecule is COc1ccc([C@H]2[C@H](c3cccc(C(F)F)c3)C2(Cl)Cl)cc1. The molecule has 0 aliphatic heterocycles. The number of alkyl halides is 4. The van der Waals surface area contributed by atoms with Crippen LogP contribution >= 0.6 is 23.2 Å². The molecule has 2 aromatic rings. The molecule has 1 fully saturated rings. The first-order valence-electron chi connectivity index (χ1n) is 6.85. The summed E-state index contributed by atoms with van der Waals surface area (Å²) in [6.45, 7) is 0. The fourth-order valence-corrected chi connectivity index (χ4v) is 3.74. The number of methoxy groups -OCH3 is 1. The number of hydrogen-bond acceptors (Lipinski definition) is 1. The molecule has 0 amide bonds. The summed E-state index contributed by atoms with van der Waals surface area (Å²) in [7, 11) is 1.60. The van der Waals surface area contributed by atoms with Gasteiger partial charge in [-0.05, 0) is 29.3 Å². The van der Waals surface area contributed by atoms with Crippen molar-refractivity contribution in [3.63, 3.8) is 0 Å². The molecule has 0 N–H and O–H groups in total. The Morgan fingerprint density at radius 3 is 2.23 bits per heavy atom. The Balaban J connectivity index is 1.90. The molecule has 0 unspecified atom stereocenters. The number of benzene rings is 2. The van der Waals surface area contributed by atoms with Crippen LogP contribution in [0.3, 0.4) is 0 Å². The molecule has 5 heteroatoms. The van der Waals surface area contributed by atoms with Crippen LogP contribution in [0, 0.1) is 0 Å². The second-order valence-corrected chi connectivity index (χ2v) is 6.82. The van der Waals surface area contributed by atoms with E-state index in [-0.39, 0.29) is 17.4 Å². The highest BCUT2D eigenvalue weighted by molar-refractivity contribution is 6.52. The van der Waals surface area contributed by atoms with Gasteiger partial charge in [0, 0.05) is 17.4 Å². The lowest BCUT2D eigenvalue weighted by Crippen LogP contribution is -1.92. The van der Waals surface area contributed by atoms with Gasteiger partial charge in [0.2, 0.25) is 0 Å². The Kier molecular flexibility index (Phi) is 4.04. The molecule has 1 nitrogen and oxygen atoms in total. The maximum absolute atomic E-state index is 12.8. The molecule has 1 aliphatic rings. The van der Waals surface area contributed by atoms with Crippen molar-refractivity contribution in [3.05, 3.63) is 65.2 Å². The molecule has 0 heterocycles. The van der Waals surface area contributed by atoms with Gasteiger partial charge in [0.05, 0.1) is 7.11 Å². The number of ether oxygens (including phenoxy) is 1. The standard InChI is InChI=1S/C17H14Cl2F2O/c1-22-13-7-5-10(6-8-13)14-15(17(14,18)19)11-3-2-4-12(9-11)16(20)21/h2-9,14-16H,1H3/t14-,15-/m0/s1. The van der Waals surface area contributed by atoms with E-state index in [9.17, 15) is 8.78 Å². The number of hydrogen-bond donors (Lipinski definition) is 0. The van der Waals surface area contributed by atoms with Crippen LogP contribution in [-0.2, 0) is 0 Å². The van der Waals surface area contributed by atoms with Crippen LogP contribution in [0.1, 0.15) is 35.0 Å². The Morgan fingerprint density at radius 1 is 1.00 bits per heavy atom. The molecule has 116 valence electrons. The first-order chi connectivity index (χ1) is 10.4. The highest BCUT2D eigenvalue weighted by Gasteiger charge is 2.64. The van der Waals surface area contributed by atoms with Crippen LogP contribution in [0.5, 0.6) is 5.75 Å². The molecule has 0 bridgehead atoms. The van der Waals surface area contributed by atoms with Gasteiger partial charge in [-0.2, -0.15) is 0 Å². The first-order valence-corrected chi connectivity index (χ1v) is 7.60. The Morgan fingerprint density at radius 2 is 1.64 bits per heavy atom. The van der Waals surface area contributed by atoms with Crippen LogP contribution in [0.25, 0.3) is 0 Å². The van der Waals surface area contributed by atoms with E-state index >= 15 is 0 Å². The summed E-state index contributed by atoms with van der Waals surface area (Å²) in [5.41, 5.74) is 1.70. The largest absolute Gasteiger partial charge is 0.497 e. The number of halogens is 4. The summed E-state index contributed by atoms with van der Waals surface area (Å²) in [5.74, 6) is 0.438. The monoisotopic (exact) mass is 342 g/mol. The van der Waals surface area contributed by atoms with Crippen LogP contribution in [0.2, 0.25) is 0 Å². The van der Waals surface area contributed by atoms with E-state index in [1.54, 1.807) is 19.2 Å². The van der Waals surface area contributed by atoms with Crippen molar-refractivity contribution in [1.29, 1.82) is 0 Å². The van der Waals surface area contributed by atoms with Crippen LogP contribution in [0.4, 0.5) is 8.78 Å². The van der Waals surface area contributed by atoms with Crippen molar-refractivity contribution in [2.24, 2.45) is 0 Å². The van der Waals surface area contributed by atoms with Crippen molar-refractivity contribution < 1.29 is 13.5 Å². The normalized spacial score (nSPS) is 22.6. The van der Waals surface area contributed by atoms with Gasteiger partial charge in [0.15, 0.2) is 0 Å². The molecule has 0 radical (unpaired) electrons. The zero-order chi connectivity index (χ0) is 15.9. The molecular formula is C17H14Cl2F2O. The van der Waals surface area contributed by atoms with Gasteiger partial charge in [-0.3, -0.25) is 0 Å². The van der Waals surface area contributed by atoms with Crippen molar-refractivity contribution in [1.82, 2.24) is 0 Å². The van der Waals surface area contributed by atoms with Crippen LogP contribution in [0.15, 0.2) is 48.5 Å².